The number of ether oxygens (including phenoxy) is 1. The molecule has 0 radical (unpaired) electrons. The van der Waals surface area contributed by atoms with Crippen molar-refractivity contribution < 1.29 is 19.1 Å². The van der Waals surface area contributed by atoms with E-state index in [0.29, 0.717) is 21.4 Å². The third-order valence-electron chi connectivity index (χ3n) is 2.93. The second kappa shape index (κ2) is 9.43. The van der Waals surface area contributed by atoms with Gasteiger partial charge in [-0.2, -0.15) is 0 Å². The van der Waals surface area contributed by atoms with E-state index in [1.807, 2.05) is 12.1 Å². The topological polar surface area (TPSA) is 72.5 Å². The van der Waals surface area contributed by atoms with Crippen LogP contribution in [0.4, 0.5) is 4.79 Å². The molecule has 1 N–H and O–H groups in total. The number of benzene rings is 2. The van der Waals surface area contributed by atoms with E-state index in [-0.39, 0.29) is 4.91 Å². The van der Waals surface area contributed by atoms with Crippen molar-refractivity contribution in [2.45, 2.75) is 6.92 Å². The summed E-state index contributed by atoms with van der Waals surface area (Å²) in [6.07, 6.45) is 1.52. The van der Waals surface area contributed by atoms with Gasteiger partial charge in [-0.15, -0.1) is 0 Å². The smallest absolute Gasteiger partial charge is 0.308 e. The van der Waals surface area contributed by atoms with Crippen LogP contribution in [0.1, 0.15) is 12.5 Å². The zero-order valence-electron chi connectivity index (χ0n) is 13.5. The first-order valence-corrected chi connectivity index (χ1v) is 8.86. The number of hydrogen-bond acceptors (Lipinski definition) is 5. The quantitative estimate of drug-likeness (QED) is 0.432. The Morgan fingerprint density at radius 2 is 1.62 bits per heavy atom. The zero-order chi connectivity index (χ0) is 19.1. The van der Waals surface area contributed by atoms with Crippen LogP contribution in [0, 0.1) is 0 Å². The molecule has 134 valence electrons. The molecular weight excluding hydrogens is 397 g/mol. The molecule has 2 aromatic rings. The average Bonchev–Trinajstić information content (AvgIpc) is 2.90. The number of rotatable bonds is 2. The lowest BCUT2D eigenvalue weighted by Crippen LogP contribution is -2.17. The fraction of sp³-hybridized carbons (Fsp3) is 0.0556. The van der Waals surface area contributed by atoms with E-state index in [2.05, 4.69) is 5.32 Å². The monoisotopic (exact) mass is 409 g/mol. The molecule has 0 saturated carbocycles. The van der Waals surface area contributed by atoms with Crippen LogP contribution in [0.15, 0.2) is 53.4 Å². The third-order valence-corrected chi connectivity index (χ3v) is 4.49. The summed E-state index contributed by atoms with van der Waals surface area (Å²) in [5.41, 5.74) is 0.569. The number of thioether (sulfide) groups is 1. The van der Waals surface area contributed by atoms with Gasteiger partial charge in [0.2, 0.25) is 0 Å². The van der Waals surface area contributed by atoms with Crippen LogP contribution in [-0.2, 0) is 9.59 Å². The molecule has 1 heterocycles. The summed E-state index contributed by atoms with van der Waals surface area (Å²) in [4.78, 5) is 33.6. The summed E-state index contributed by atoms with van der Waals surface area (Å²) in [7, 11) is 0. The van der Waals surface area contributed by atoms with E-state index in [4.69, 9.17) is 27.9 Å². The molecule has 2 aromatic carbocycles. The number of halogens is 2. The Labute approximate surface area is 164 Å². The molecule has 2 amide bonds. The molecule has 0 aliphatic carbocycles. The van der Waals surface area contributed by atoms with Crippen LogP contribution in [0.5, 0.6) is 5.75 Å². The van der Waals surface area contributed by atoms with Gasteiger partial charge < -0.3 is 4.74 Å². The van der Waals surface area contributed by atoms with Gasteiger partial charge in [0.1, 0.15) is 5.75 Å². The second-order valence-electron chi connectivity index (χ2n) is 4.90. The molecular formula is C18H13Cl2NO4S. The zero-order valence-corrected chi connectivity index (χ0v) is 15.8. The van der Waals surface area contributed by atoms with Crippen molar-refractivity contribution in [1.29, 1.82) is 0 Å². The maximum absolute atomic E-state index is 11.4. The van der Waals surface area contributed by atoms with Crippen molar-refractivity contribution in [1.82, 2.24) is 5.32 Å². The summed E-state index contributed by atoms with van der Waals surface area (Å²) in [5.74, 6) is -0.534. The molecule has 1 saturated heterocycles. The molecule has 0 unspecified atom stereocenters. The van der Waals surface area contributed by atoms with Gasteiger partial charge >= 0.3 is 5.97 Å². The Morgan fingerprint density at radius 1 is 1.04 bits per heavy atom. The van der Waals surface area contributed by atoms with E-state index in [1.54, 1.807) is 36.4 Å². The van der Waals surface area contributed by atoms with E-state index >= 15 is 0 Å². The van der Waals surface area contributed by atoms with Gasteiger partial charge in [-0.3, -0.25) is 19.7 Å². The van der Waals surface area contributed by atoms with Crippen molar-refractivity contribution in [3.8, 4) is 5.75 Å². The first-order chi connectivity index (χ1) is 12.4. The van der Waals surface area contributed by atoms with Crippen molar-refractivity contribution in [3.63, 3.8) is 0 Å². The molecule has 1 aliphatic heterocycles. The number of hydrogen-bond donors (Lipinski definition) is 1. The number of esters is 1. The predicted molar refractivity (Wildman–Crippen MR) is 103 cm³/mol. The summed E-state index contributed by atoms with van der Waals surface area (Å²) >= 11 is 12.0. The summed E-state index contributed by atoms with van der Waals surface area (Å²) in [6.45, 7) is 1.30. The fourth-order valence-corrected chi connectivity index (χ4v) is 2.79. The molecule has 0 atom stereocenters. The van der Waals surface area contributed by atoms with Gasteiger partial charge in [-0.25, -0.2) is 0 Å². The SMILES string of the molecule is CC(=O)Oc1ccccc1C=C1SC(=O)NC1=O.Clc1ccccc1Cl. The standard InChI is InChI=1S/C12H9NO4S.C6H4Cl2/c1-7(14)17-9-5-3-2-4-8(9)6-10-11(15)13-12(16)18-10;7-5-3-1-2-4-6(5)8/h2-6H,1H3,(H,13,15,16);1-4H. The third kappa shape index (κ3) is 5.91. The lowest BCUT2D eigenvalue weighted by atomic mass is 10.2. The van der Waals surface area contributed by atoms with E-state index < -0.39 is 17.1 Å². The summed E-state index contributed by atoms with van der Waals surface area (Å²) in [6, 6.07) is 14.0. The van der Waals surface area contributed by atoms with Crippen LogP contribution in [0.2, 0.25) is 10.0 Å². The maximum Gasteiger partial charge on any atom is 0.308 e. The van der Waals surface area contributed by atoms with Crippen molar-refractivity contribution >= 4 is 58.2 Å². The molecule has 1 fully saturated rings. The van der Waals surface area contributed by atoms with Gasteiger partial charge in [-0.05, 0) is 36.0 Å². The number of carbonyl (C=O) groups is 3. The van der Waals surface area contributed by atoms with Crippen LogP contribution in [0.25, 0.3) is 6.08 Å². The highest BCUT2D eigenvalue weighted by molar-refractivity contribution is 8.18. The molecule has 26 heavy (non-hydrogen) atoms. The van der Waals surface area contributed by atoms with Gasteiger partial charge in [0.15, 0.2) is 0 Å². The van der Waals surface area contributed by atoms with Crippen LogP contribution < -0.4 is 10.1 Å². The van der Waals surface area contributed by atoms with Crippen molar-refractivity contribution in [3.05, 3.63) is 69.0 Å². The number of nitrogens with one attached hydrogen (secondary N) is 1. The van der Waals surface area contributed by atoms with Crippen LogP contribution in [-0.4, -0.2) is 17.1 Å². The summed E-state index contributed by atoms with van der Waals surface area (Å²) in [5, 5.41) is 2.96. The normalized spacial score (nSPS) is 14.5. The van der Waals surface area contributed by atoms with Crippen molar-refractivity contribution in [2.75, 3.05) is 0 Å². The highest BCUT2D eigenvalue weighted by Crippen LogP contribution is 2.29. The van der Waals surface area contributed by atoms with Crippen molar-refractivity contribution in [2.24, 2.45) is 0 Å². The van der Waals surface area contributed by atoms with Gasteiger partial charge in [0.05, 0.1) is 15.0 Å². The number of imide groups is 1. The summed E-state index contributed by atoms with van der Waals surface area (Å²) < 4.78 is 5.01. The highest BCUT2D eigenvalue weighted by atomic mass is 35.5. The Bertz CT molecular complexity index is 862. The lowest BCUT2D eigenvalue weighted by Gasteiger charge is -2.05. The number of amides is 2. The lowest BCUT2D eigenvalue weighted by molar-refractivity contribution is -0.131. The Morgan fingerprint density at radius 3 is 2.12 bits per heavy atom. The Hall–Kier alpha value is -2.28. The van der Waals surface area contributed by atoms with Gasteiger partial charge in [0.25, 0.3) is 11.1 Å². The van der Waals surface area contributed by atoms with Gasteiger partial charge in [0, 0.05) is 12.5 Å². The number of para-hydroxylation sites is 1. The minimum absolute atomic E-state index is 0.277. The number of carbonyl (C=O) groups excluding carboxylic acids is 3. The molecule has 5 nitrogen and oxygen atoms in total. The van der Waals surface area contributed by atoms with Crippen LogP contribution in [0.3, 0.4) is 0 Å². The van der Waals surface area contributed by atoms with E-state index in [1.165, 1.54) is 13.0 Å². The highest BCUT2D eigenvalue weighted by Gasteiger charge is 2.25. The minimum atomic E-state index is -0.444. The first kappa shape index (κ1) is 20.0. The second-order valence-corrected chi connectivity index (χ2v) is 6.73. The first-order valence-electron chi connectivity index (χ1n) is 7.29. The maximum atomic E-state index is 11.4. The van der Waals surface area contributed by atoms with E-state index in [9.17, 15) is 14.4 Å². The Kier molecular flexibility index (Phi) is 7.26. The molecule has 0 aromatic heterocycles. The molecule has 1 aliphatic rings. The molecule has 0 spiro atoms. The molecule has 3 rings (SSSR count). The predicted octanol–water partition coefficient (Wildman–Crippen LogP) is 4.93. The molecule has 0 bridgehead atoms. The average molecular weight is 410 g/mol. The van der Waals surface area contributed by atoms with Gasteiger partial charge in [-0.1, -0.05) is 53.5 Å². The van der Waals surface area contributed by atoms with Crippen LogP contribution >= 0.6 is 35.0 Å². The minimum Gasteiger partial charge on any atom is -0.426 e. The van der Waals surface area contributed by atoms with E-state index in [0.717, 1.165) is 11.8 Å². The molecule has 8 heteroatoms. The Balaban J connectivity index is 0.000000254. The largest absolute Gasteiger partial charge is 0.426 e. The fourth-order valence-electron chi connectivity index (χ4n) is 1.85.